The van der Waals surface area contributed by atoms with Gasteiger partial charge in [0.15, 0.2) is 0 Å². The van der Waals surface area contributed by atoms with Crippen LogP contribution in [-0.4, -0.2) is 17.8 Å². The predicted octanol–water partition coefficient (Wildman–Crippen LogP) is 3.37. The van der Waals surface area contributed by atoms with E-state index in [-0.39, 0.29) is 0 Å². The van der Waals surface area contributed by atoms with Gasteiger partial charge in [-0.2, -0.15) is 5.26 Å². The van der Waals surface area contributed by atoms with E-state index in [4.69, 9.17) is 0 Å². The van der Waals surface area contributed by atoms with Gasteiger partial charge in [0.25, 0.3) is 0 Å². The van der Waals surface area contributed by atoms with E-state index in [1.54, 1.807) is 0 Å². The summed E-state index contributed by atoms with van der Waals surface area (Å²) < 4.78 is 0. The maximum absolute atomic E-state index is 9.21. The second-order valence-electron chi connectivity index (χ2n) is 4.22. The van der Waals surface area contributed by atoms with Gasteiger partial charge in [0, 0.05) is 13.6 Å². The fraction of sp³-hybridized carbons (Fsp3) is 0.125. The first-order valence-electron chi connectivity index (χ1n) is 6.08. The van der Waals surface area contributed by atoms with Gasteiger partial charge in [-0.3, -0.25) is 0 Å². The highest BCUT2D eigenvalue weighted by atomic mass is 15.2. The van der Waals surface area contributed by atoms with E-state index in [2.05, 4.69) is 11.1 Å². The van der Waals surface area contributed by atoms with Crippen LogP contribution in [0.2, 0.25) is 0 Å². The van der Waals surface area contributed by atoms with Crippen LogP contribution in [0, 0.1) is 11.3 Å². The number of nitriles is 1. The molecule has 0 aliphatic heterocycles. The second-order valence-corrected chi connectivity index (χ2v) is 4.22. The summed E-state index contributed by atoms with van der Waals surface area (Å²) in [5.41, 5.74) is 1.94. The van der Waals surface area contributed by atoms with Crippen molar-refractivity contribution in [1.82, 2.24) is 4.90 Å². The highest BCUT2D eigenvalue weighted by molar-refractivity contribution is 5.97. The third-order valence-electron chi connectivity index (χ3n) is 2.72. The van der Waals surface area contributed by atoms with Gasteiger partial charge in [-0.25, -0.2) is 4.99 Å². The first kappa shape index (κ1) is 12.8. The third kappa shape index (κ3) is 3.68. The Bertz CT molecular complexity index is 582. The Hall–Kier alpha value is -2.60. The van der Waals surface area contributed by atoms with Crippen LogP contribution in [0.1, 0.15) is 5.56 Å². The Morgan fingerprint density at radius 3 is 2.21 bits per heavy atom. The Balaban J connectivity index is 2.14. The molecule has 3 heteroatoms. The summed E-state index contributed by atoms with van der Waals surface area (Å²) in [6.45, 7) is 0.667. The summed E-state index contributed by atoms with van der Waals surface area (Å²) in [5.74, 6) is 0.412. The topological polar surface area (TPSA) is 39.4 Å². The molecule has 0 saturated heterocycles. The predicted molar refractivity (Wildman–Crippen MR) is 77.1 cm³/mol. The largest absolute Gasteiger partial charge is 0.347 e. The van der Waals surface area contributed by atoms with E-state index in [9.17, 15) is 5.26 Å². The van der Waals surface area contributed by atoms with Gasteiger partial charge in [-0.05, 0) is 17.7 Å². The normalized spacial score (nSPS) is 10.8. The summed E-state index contributed by atoms with van der Waals surface area (Å²) in [7, 11) is 1.87. The lowest BCUT2D eigenvalue weighted by Crippen LogP contribution is -2.24. The summed E-state index contributed by atoms with van der Waals surface area (Å²) >= 11 is 0. The second kappa shape index (κ2) is 6.36. The minimum absolute atomic E-state index is 0.412. The van der Waals surface area contributed by atoms with Crippen LogP contribution in [0.25, 0.3) is 0 Å². The number of rotatable bonds is 3. The zero-order valence-corrected chi connectivity index (χ0v) is 10.8. The van der Waals surface area contributed by atoms with Crippen molar-refractivity contribution in [3.8, 4) is 6.07 Å². The van der Waals surface area contributed by atoms with Crippen LogP contribution in [-0.2, 0) is 6.54 Å². The van der Waals surface area contributed by atoms with Gasteiger partial charge in [0.05, 0.1) is 5.69 Å². The SMILES string of the molecule is CN(Cc1ccccc1)C(C#N)=Nc1ccccc1. The number of nitrogens with zero attached hydrogens (tertiary/aromatic N) is 3. The van der Waals surface area contributed by atoms with Gasteiger partial charge >= 0.3 is 0 Å². The molecule has 0 saturated carbocycles. The van der Waals surface area contributed by atoms with Crippen molar-refractivity contribution in [2.45, 2.75) is 6.54 Å². The summed E-state index contributed by atoms with van der Waals surface area (Å²) in [5, 5.41) is 9.21. The van der Waals surface area contributed by atoms with Gasteiger partial charge in [0.2, 0.25) is 5.84 Å². The van der Waals surface area contributed by atoms with Crippen LogP contribution in [0.3, 0.4) is 0 Å². The molecule has 2 aromatic rings. The smallest absolute Gasteiger partial charge is 0.209 e. The third-order valence-corrected chi connectivity index (χ3v) is 2.72. The van der Waals surface area contributed by atoms with E-state index in [0.29, 0.717) is 12.4 Å². The van der Waals surface area contributed by atoms with E-state index < -0.39 is 0 Å². The van der Waals surface area contributed by atoms with Crippen molar-refractivity contribution >= 4 is 11.5 Å². The molecule has 2 aromatic carbocycles. The van der Waals surface area contributed by atoms with E-state index in [1.165, 1.54) is 0 Å². The van der Waals surface area contributed by atoms with Crippen LogP contribution in [0.15, 0.2) is 65.7 Å². The molecule has 0 spiro atoms. The molecule has 19 heavy (non-hydrogen) atoms. The molecule has 0 bridgehead atoms. The van der Waals surface area contributed by atoms with Crippen LogP contribution < -0.4 is 0 Å². The highest BCUT2D eigenvalue weighted by Gasteiger charge is 2.06. The first-order chi connectivity index (χ1) is 9.29. The van der Waals surface area contributed by atoms with Gasteiger partial charge in [0.1, 0.15) is 6.07 Å². The van der Waals surface area contributed by atoms with E-state index in [0.717, 1.165) is 11.3 Å². The number of hydrogen-bond acceptors (Lipinski definition) is 2. The number of benzene rings is 2. The monoisotopic (exact) mass is 249 g/mol. The number of amidine groups is 1. The Morgan fingerprint density at radius 2 is 1.63 bits per heavy atom. The first-order valence-corrected chi connectivity index (χ1v) is 6.08. The quantitative estimate of drug-likeness (QED) is 0.618. The Morgan fingerprint density at radius 1 is 1.05 bits per heavy atom. The van der Waals surface area contributed by atoms with Crippen molar-refractivity contribution in [1.29, 1.82) is 5.26 Å². The molecule has 0 N–H and O–H groups in total. The molecule has 0 heterocycles. The van der Waals surface area contributed by atoms with Crippen molar-refractivity contribution in [2.75, 3.05) is 7.05 Å². The lowest BCUT2D eigenvalue weighted by Gasteiger charge is -2.16. The summed E-state index contributed by atoms with van der Waals surface area (Å²) in [6.07, 6.45) is 0. The molecule has 0 radical (unpaired) electrons. The fourth-order valence-corrected chi connectivity index (χ4v) is 1.75. The number of para-hydroxylation sites is 1. The van der Waals surface area contributed by atoms with Crippen molar-refractivity contribution in [3.63, 3.8) is 0 Å². The number of hydrogen-bond donors (Lipinski definition) is 0. The van der Waals surface area contributed by atoms with Crippen molar-refractivity contribution in [3.05, 3.63) is 66.2 Å². The minimum atomic E-state index is 0.412. The average Bonchev–Trinajstić information content (AvgIpc) is 2.47. The summed E-state index contributed by atoms with van der Waals surface area (Å²) in [4.78, 5) is 6.20. The highest BCUT2D eigenvalue weighted by Crippen LogP contribution is 2.12. The molecule has 0 atom stereocenters. The fourth-order valence-electron chi connectivity index (χ4n) is 1.75. The Labute approximate surface area is 113 Å². The van der Waals surface area contributed by atoms with Crippen LogP contribution in [0.5, 0.6) is 0 Å². The average molecular weight is 249 g/mol. The molecule has 0 fully saturated rings. The standard InChI is InChI=1S/C16H15N3/c1-19(13-14-8-4-2-5-9-14)16(12-17)18-15-10-6-3-7-11-15/h2-11H,13H2,1H3. The summed E-state index contributed by atoms with van der Waals surface area (Å²) in [6, 6.07) is 21.7. The molecule has 0 amide bonds. The maximum atomic E-state index is 9.21. The lowest BCUT2D eigenvalue weighted by molar-refractivity contribution is 0.505. The van der Waals surface area contributed by atoms with Crippen LogP contribution in [0.4, 0.5) is 5.69 Å². The molecule has 0 aliphatic rings. The van der Waals surface area contributed by atoms with Crippen molar-refractivity contribution in [2.24, 2.45) is 4.99 Å². The zero-order chi connectivity index (χ0) is 13.5. The van der Waals surface area contributed by atoms with Gasteiger partial charge < -0.3 is 4.90 Å². The van der Waals surface area contributed by atoms with E-state index >= 15 is 0 Å². The number of aliphatic imine (C=N–C) groups is 1. The molecule has 0 aliphatic carbocycles. The van der Waals surface area contributed by atoms with Crippen LogP contribution >= 0.6 is 0 Å². The van der Waals surface area contributed by atoms with E-state index in [1.807, 2.05) is 72.6 Å². The zero-order valence-electron chi connectivity index (χ0n) is 10.8. The molecule has 2 rings (SSSR count). The Kier molecular flexibility index (Phi) is 4.30. The molecule has 94 valence electrons. The van der Waals surface area contributed by atoms with Gasteiger partial charge in [-0.1, -0.05) is 48.5 Å². The molecule has 0 unspecified atom stereocenters. The molecule has 3 nitrogen and oxygen atoms in total. The molecular weight excluding hydrogens is 234 g/mol. The van der Waals surface area contributed by atoms with Crippen molar-refractivity contribution < 1.29 is 0 Å². The van der Waals surface area contributed by atoms with Gasteiger partial charge in [-0.15, -0.1) is 0 Å². The lowest BCUT2D eigenvalue weighted by atomic mass is 10.2. The molecule has 0 aromatic heterocycles. The maximum Gasteiger partial charge on any atom is 0.209 e. The molecular formula is C16H15N3. The minimum Gasteiger partial charge on any atom is -0.347 e.